The van der Waals surface area contributed by atoms with E-state index in [-0.39, 0.29) is 23.8 Å². The minimum absolute atomic E-state index is 0.00719. The van der Waals surface area contributed by atoms with Crippen LogP contribution in [0.1, 0.15) is 18.2 Å². The molecule has 7 nitrogen and oxygen atoms in total. The SMILES string of the molecule is O=C(N1CCOC2(CCS(=O)(=O)C2)C1)N1OC1c1ccccc1. The molecular weight excluding hydrogens is 320 g/mol. The zero-order valence-corrected chi connectivity index (χ0v) is 13.4. The van der Waals surface area contributed by atoms with Crippen LogP contribution < -0.4 is 0 Å². The van der Waals surface area contributed by atoms with Gasteiger partial charge in [-0.15, -0.1) is 0 Å². The molecule has 23 heavy (non-hydrogen) atoms. The smallest absolute Gasteiger partial charge is 0.347 e. The Morgan fingerprint density at radius 3 is 2.74 bits per heavy atom. The molecule has 0 radical (unpaired) electrons. The fraction of sp³-hybridized carbons (Fsp3) is 0.533. The van der Waals surface area contributed by atoms with Gasteiger partial charge in [-0.25, -0.2) is 18.0 Å². The molecule has 124 valence electrons. The fourth-order valence-corrected chi connectivity index (χ4v) is 5.26. The van der Waals surface area contributed by atoms with Crippen molar-refractivity contribution < 1.29 is 22.8 Å². The highest BCUT2D eigenvalue weighted by molar-refractivity contribution is 7.91. The van der Waals surface area contributed by atoms with Gasteiger partial charge in [0.25, 0.3) is 0 Å². The minimum Gasteiger partial charge on any atom is -0.370 e. The highest BCUT2D eigenvalue weighted by Gasteiger charge is 2.51. The van der Waals surface area contributed by atoms with Gasteiger partial charge >= 0.3 is 6.03 Å². The van der Waals surface area contributed by atoms with E-state index in [1.807, 2.05) is 30.3 Å². The molecule has 3 aliphatic rings. The van der Waals surface area contributed by atoms with Crippen molar-refractivity contribution in [3.8, 4) is 0 Å². The first-order valence-corrected chi connectivity index (χ1v) is 9.45. The molecule has 0 saturated carbocycles. The molecule has 1 spiro atoms. The lowest BCUT2D eigenvalue weighted by Gasteiger charge is -2.39. The average Bonchev–Trinajstić information content (AvgIpc) is 3.28. The molecule has 0 aromatic heterocycles. The Bertz CT molecular complexity index is 723. The quantitative estimate of drug-likeness (QED) is 0.712. The zero-order valence-electron chi connectivity index (χ0n) is 12.6. The van der Waals surface area contributed by atoms with Crippen LogP contribution in [0.5, 0.6) is 0 Å². The monoisotopic (exact) mass is 338 g/mol. The van der Waals surface area contributed by atoms with E-state index in [0.29, 0.717) is 26.1 Å². The first kappa shape index (κ1) is 14.9. The summed E-state index contributed by atoms with van der Waals surface area (Å²) in [6, 6.07) is 9.28. The molecule has 4 rings (SSSR count). The summed E-state index contributed by atoms with van der Waals surface area (Å²) in [5.41, 5.74) is 0.178. The minimum atomic E-state index is -3.07. The van der Waals surface area contributed by atoms with Gasteiger partial charge in [-0.1, -0.05) is 30.3 Å². The standard InChI is InChI=1S/C15H18N2O5S/c18-14(17-13(22-17)12-4-2-1-3-5-12)16-7-8-21-15(10-16)6-9-23(19,20)11-15/h1-5,13H,6-11H2. The summed E-state index contributed by atoms with van der Waals surface area (Å²) in [7, 11) is -3.07. The van der Waals surface area contributed by atoms with Crippen molar-refractivity contribution >= 4 is 15.9 Å². The highest BCUT2D eigenvalue weighted by Crippen LogP contribution is 2.39. The maximum absolute atomic E-state index is 12.6. The summed E-state index contributed by atoms with van der Waals surface area (Å²) in [5, 5.41) is 1.33. The van der Waals surface area contributed by atoms with Gasteiger partial charge in [0.1, 0.15) is 5.60 Å². The summed E-state index contributed by atoms with van der Waals surface area (Å²) in [5.74, 6) is 0.120. The number of amides is 2. The number of carbonyl (C=O) groups is 1. The van der Waals surface area contributed by atoms with E-state index >= 15 is 0 Å². The third-order valence-corrected chi connectivity index (χ3v) is 6.32. The maximum Gasteiger partial charge on any atom is 0.347 e. The topological polar surface area (TPSA) is 79.2 Å². The van der Waals surface area contributed by atoms with E-state index in [9.17, 15) is 13.2 Å². The van der Waals surface area contributed by atoms with E-state index < -0.39 is 15.4 Å². The molecule has 2 atom stereocenters. The molecule has 0 bridgehead atoms. The van der Waals surface area contributed by atoms with Crippen molar-refractivity contribution in [3.05, 3.63) is 35.9 Å². The third kappa shape index (κ3) is 2.82. The lowest BCUT2D eigenvalue weighted by Crippen LogP contribution is -2.55. The van der Waals surface area contributed by atoms with Gasteiger partial charge in [-0.05, 0) is 6.42 Å². The van der Waals surface area contributed by atoms with Crippen LogP contribution in [0.3, 0.4) is 0 Å². The largest absolute Gasteiger partial charge is 0.370 e. The third-order valence-electron chi connectivity index (χ3n) is 4.52. The molecule has 8 heteroatoms. The van der Waals surface area contributed by atoms with Crippen molar-refractivity contribution in [1.82, 2.24) is 9.96 Å². The van der Waals surface area contributed by atoms with Crippen LogP contribution in [-0.4, -0.2) is 61.2 Å². The number of nitrogens with zero attached hydrogens (tertiary/aromatic N) is 2. The van der Waals surface area contributed by atoms with Crippen molar-refractivity contribution in [3.63, 3.8) is 0 Å². The van der Waals surface area contributed by atoms with E-state index in [1.54, 1.807) is 4.90 Å². The van der Waals surface area contributed by atoms with Crippen molar-refractivity contribution in [2.45, 2.75) is 18.2 Å². The van der Waals surface area contributed by atoms with Crippen LogP contribution in [-0.2, 0) is 19.4 Å². The Balaban J connectivity index is 1.44. The Morgan fingerprint density at radius 1 is 1.26 bits per heavy atom. The Hall–Kier alpha value is -1.64. The molecule has 2 amide bonds. The molecule has 1 aromatic carbocycles. The number of sulfone groups is 1. The van der Waals surface area contributed by atoms with Gasteiger partial charge in [0.2, 0.25) is 6.23 Å². The Labute approximate surface area is 134 Å². The lowest BCUT2D eigenvalue weighted by molar-refractivity contribution is -0.0834. The summed E-state index contributed by atoms with van der Waals surface area (Å²) in [4.78, 5) is 19.6. The molecule has 3 fully saturated rings. The number of ether oxygens (including phenoxy) is 1. The zero-order chi connectivity index (χ0) is 16.1. The van der Waals surface area contributed by atoms with Gasteiger partial charge in [0, 0.05) is 12.1 Å². The summed E-state index contributed by atoms with van der Waals surface area (Å²) >= 11 is 0. The van der Waals surface area contributed by atoms with Crippen LogP contribution in [0.2, 0.25) is 0 Å². The Kier molecular flexibility index (Phi) is 3.36. The number of hydrogen-bond donors (Lipinski definition) is 0. The van der Waals surface area contributed by atoms with Crippen LogP contribution in [0.25, 0.3) is 0 Å². The van der Waals surface area contributed by atoms with E-state index in [4.69, 9.17) is 9.57 Å². The molecule has 3 saturated heterocycles. The van der Waals surface area contributed by atoms with Crippen LogP contribution in [0, 0.1) is 0 Å². The molecule has 0 N–H and O–H groups in total. The van der Waals surface area contributed by atoms with Gasteiger partial charge in [0.15, 0.2) is 9.84 Å². The first-order chi connectivity index (χ1) is 11.0. The van der Waals surface area contributed by atoms with Crippen molar-refractivity contribution in [2.24, 2.45) is 0 Å². The second-order valence-corrected chi connectivity index (χ2v) is 8.46. The molecular formula is C15H18N2O5S. The van der Waals surface area contributed by atoms with Gasteiger partial charge in [0.05, 0.1) is 24.7 Å². The number of benzene rings is 1. The number of rotatable bonds is 1. The summed E-state index contributed by atoms with van der Waals surface area (Å²) < 4.78 is 29.2. The Morgan fingerprint density at radius 2 is 2.04 bits per heavy atom. The first-order valence-electron chi connectivity index (χ1n) is 7.62. The van der Waals surface area contributed by atoms with E-state index in [2.05, 4.69) is 0 Å². The summed E-state index contributed by atoms with van der Waals surface area (Å²) in [6.45, 7) is 1.10. The van der Waals surface area contributed by atoms with E-state index in [1.165, 1.54) is 5.06 Å². The second-order valence-electron chi connectivity index (χ2n) is 6.27. The normalized spacial score (nSPS) is 32.3. The molecule has 3 aliphatic heterocycles. The molecule has 3 heterocycles. The second kappa shape index (κ2) is 5.19. The lowest BCUT2D eigenvalue weighted by atomic mass is 10.0. The van der Waals surface area contributed by atoms with E-state index in [0.717, 1.165) is 5.56 Å². The highest BCUT2D eigenvalue weighted by atomic mass is 32.2. The predicted octanol–water partition coefficient (Wildman–Crippen LogP) is 0.942. The van der Waals surface area contributed by atoms with Crippen LogP contribution >= 0.6 is 0 Å². The van der Waals surface area contributed by atoms with Gasteiger partial charge < -0.3 is 9.64 Å². The maximum atomic E-state index is 12.6. The number of carbonyl (C=O) groups excluding carboxylic acids is 1. The van der Waals surface area contributed by atoms with Crippen LogP contribution in [0.4, 0.5) is 4.79 Å². The molecule has 1 aromatic rings. The van der Waals surface area contributed by atoms with Crippen LogP contribution in [0.15, 0.2) is 30.3 Å². The molecule has 0 aliphatic carbocycles. The van der Waals surface area contributed by atoms with Crippen molar-refractivity contribution in [2.75, 3.05) is 31.2 Å². The predicted molar refractivity (Wildman–Crippen MR) is 81.0 cm³/mol. The van der Waals surface area contributed by atoms with Crippen molar-refractivity contribution in [1.29, 1.82) is 0 Å². The number of morpholine rings is 1. The molecule has 2 unspecified atom stereocenters. The number of hydroxylamine groups is 2. The van der Waals surface area contributed by atoms with Gasteiger partial charge in [-0.2, -0.15) is 5.06 Å². The fourth-order valence-electron chi connectivity index (χ4n) is 3.31. The average molecular weight is 338 g/mol. The number of hydrogen-bond acceptors (Lipinski definition) is 5. The number of urea groups is 1. The summed E-state index contributed by atoms with van der Waals surface area (Å²) in [6.07, 6.45) is 0.0945. The van der Waals surface area contributed by atoms with Gasteiger partial charge in [-0.3, -0.25) is 0 Å².